The molecular formula is C11H16N4O3. The summed E-state index contributed by atoms with van der Waals surface area (Å²) in [5.41, 5.74) is 0. The van der Waals surface area contributed by atoms with Crippen LogP contribution >= 0.6 is 0 Å². The van der Waals surface area contributed by atoms with Gasteiger partial charge < -0.3 is 19.9 Å². The lowest BCUT2D eigenvalue weighted by atomic mass is 10.1. The summed E-state index contributed by atoms with van der Waals surface area (Å²) in [6.45, 7) is 1.96. The van der Waals surface area contributed by atoms with Gasteiger partial charge in [-0.05, 0) is 6.42 Å². The Balaban J connectivity index is 1.71. The van der Waals surface area contributed by atoms with Gasteiger partial charge in [0.15, 0.2) is 0 Å². The van der Waals surface area contributed by atoms with Crippen LogP contribution in [-0.2, 0) is 11.3 Å². The van der Waals surface area contributed by atoms with Crippen molar-refractivity contribution in [1.82, 2.24) is 19.8 Å². The zero-order chi connectivity index (χ0) is 13.0. The Morgan fingerprint density at radius 1 is 1.50 bits per heavy atom. The van der Waals surface area contributed by atoms with Crippen molar-refractivity contribution in [3.8, 4) is 0 Å². The van der Waals surface area contributed by atoms with Crippen molar-refractivity contribution < 1.29 is 14.7 Å². The Kier molecular flexibility index (Phi) is 3.81. The Morgan fingerprint density at radius 2 is 2.33 bits per heavy atom. The average molecular weight is 252 g/mol. The maximum absolute atomic E-state index is 11.7. The third-order valence-electron chi connectivity index (χ3n) is 3.03. The maximum atomic E-state index is 11.7. The van der Waals surface area contributed by atoms with Gasteiger partial charge >= 0.3 is 12.0 Å². The second-order valence-electron chi connectivity index (χ2n) is 4.30. The number of hydrogen-bond donors (Lipinski definition) is 2. The van der Waals surface area contributed by atoms with Crippen LogP contribution in [0, 0.1) is 5.92 Å². The van der Waals surface area contributed by atoms with E-state index in [0.717, 1.165) is 0 Å². The fraction of sp³-hybridized carbons (Fsp3) is 0.545. The van der Waals surface area contributed by atoms with E-state index in [2.05, 4.69) is 10.3 Å². The summed E-state index contributed by atoms with van der Waals surface area (Å²) < 4.78 is 1.87. The van der Waals surface area contributed by atoms with E-state index in [9.17, 15) is 9.59 Å². The molecule has 0 aromatic carbocycles. The number of carbonyl (C=O) groups is 2. The summed E-state index contributed by atoms with van der Waals surface area (Å²) in [6.07, 6.45) is 5.72. The average Bonchev–Trinajstić information content (AvgIpc) is 2.99. The van der Waals surface area contributed by atoms with Crippen molar-refractivity contribution in [2.45, 2.75) is 13.0 Å². The van der Waals surface area contributed by atoms with Gasteiger partial charge in [0.1, 0.15) is 0 Å². The van der Waals surface area contributed by atoms with E-state index in [1.54, 1.807) is 17.4 Å². The minimum Gasteiger partial charge on any atom is -0.481 e. The Bertz CT molecular complexity index is 418. The molecule has 0 bridgehead atoms. The largest absolute Gasteiger partial charge is 0.481 e. The highest BCUT2D eigenvalue weighted by Gasteiger charge is 2.30. The molecule has 1 aromatic heterocycles. The molecule has 0 saturated carbocycles. The minimum absolute atomic E-state index is 0.195. The predicted molar refractivity (Wildman–Crippen MR) is 62.9 cm³/mol. The normalized spacial score (nSPS) is 18.9. The van der Waals surface area contributed by atoms with Crippen LogP contribution in [0.3, 0.4) is 0 Å². The lowest BCUT2D eigenvalue weighted by molar-refractivity contribution is -0.141. The molecule has 2 heterocycles. The van der Waals surface area contributed by atoms with Gasteiger partial charge in [0.05, 0.1) is 12.2 Å². The molecule has 1 saturated heterocycles. The highest BCUT2D eigenvalue weighted by Crippen LogP contribution is 2.15. The molecule has 18 heavy (non-hydrogen) atoms. The van der Waals surface area contributed by atoms with Crippen molar-refractivity contribution >= 4 is 12.0 Å². The molecule has 0 aliphatic carbocycles. The molecule has 1 fully saturated rings. The highest BCUT2D eigenvalue weighted by atomic mass is 16.4. The van der Waals surface area contributed by atoms with Crippen LogP contribution in [-0.4, -0.2) is 51.2 Å². The second-order valence-corrected chi connectivity index (χ2v) is 4.30. The standard InChI is InChI=1S/C11H16N4O3/c16-10(17)9-1-4-15(7-9)11(18)13-3-6-14-5-2-12-8-14/h2,5,8-9H,1,3-4,6-7H2,(H,13,18)(H,16,17). The first-order valence-electron chi connectivity index (χ1n) is 5.88. The number of carbonyl (C=O) groups excluding carboxylic acids is 1. The van der Waals surface area contributed by atoms with Gasteiger partial charge in [-0.25, -0.2) is 9.78 Å². The number of urea groups is 1. The number of likely N-dealkylation sites (tertiary alicyclic amines) is 1. The lowest BCUT2D eigenvalue weighted by Crippen LogP contribution is -2.40. The van der Waals surface area contributed by atoms with Crippen LogP contribution in [0.4, 0.5) is 4.79 Å². The summed E-state index contributed by atoms with van der Waals surface area (Å²) in [5.74, 6) is -1.26. The SMILES string of the molecule is O=C(O)C1CCN(C(=O)NCCn2ccnc2)C1. The fourth-order valence-electron chi connectivity index (χ4n) is 1.97. The van der Waals surface area contributed by atoms with E-state index in [1.807, 2.05) is 10.8 Å². The van der Waals surface area contributed by atoms with Crippen LogP contribution in [0.2, 0.25) is 0 Å². The third-order valence-corrected chi connectivity index (χ3v) is 3.03. The topological polar surface area (TPSA) is 87.5 Å². The number of nitrogens with zero attached hydrogens (tertiary/aromatic N) is 3. The summed E-state index contributed by atoms with van der Waals surface area (Å²) in [4.78, 5) is 28.0. The highest BCUT2D eigenvalue weighted by molar-refractivity contribution is 5.77. The Hall–Kier alpha value is -2.05. The number of amides is 2. The summed E-state index contributed by atoms with van der Waals surface area (Å²) in [6, 6.07) is -0.195. The molecule has 0 radical (unpaired) electrons. The van der Waals surface area contributed by atoms with Gasteiger partial charge in [0.25, 0.3) is 0 Å². The van der Waals surface area contributed by atoms with Gasteiger partial charge in [0, 0.05) is 38.6 Å². The quantitative estimate of drug-likeness (QED) is 0.789. The number of carboxylic acids is 1. The molecule has 0 spiro atoms. The van der Waals surface area contributed by atoms with Crippen molar-refractivity contribution in [3.05, 3.63) is 18.7 Å². The van der Waals surface area contributed by atoms with Gasteiger partial charge in [-0.15, -0.1) is 0 Å². The number of rotatable bonds is 4. The van der Waals surface area contributed by atoms with E-state index in [1.165, 1.54) is 0 Å². The van der Waals surface area contributed by atoms with E-state index in [-0.39, 0.29) is 6.03 Å². The molecule has 2 rings (SSSR count). The van der Waals surface area contributed by atoms with E-state index < -0.39 is 11.9 Å². The number of imidazole rings is 1. The summed E-state index contributed by atoms with van der Waals surface area (Å²) >= 11 is 0. The molecule has 2 amide bonds. The van der Waals surface area contributed by atoms with Crippen molar-refractivity contribution in [2.24, 2.45) is 5.92 Å². The summed E-state index contributed by atoms with van der Waals surface area (Å²) in [5, 5.41) is 11.6. The first-order valence-corrected chi connectivity index (χ1v) is 5.88. The zero-order valence-corrected chi connectivity index (χ0v) is 9.95. The van der Waals surface area contributed by atoms with Gasteiger partial charge in [-0.3, -0.25) is 4.79 Å². The minimum atomic E-state index is -0.830. The number of aromatic nitrogens is 2. The van der Waals surface area contributed by atoms with Crippen LogP contribution in [0.1, 0.15) is 6.42 Å². The second kappa shape index (κ2) is 5.52. The van der Waals surface area contributed by atoms with E-state index >= 15 is 0 Å². The molecule has 1 unspecified atom stereocenters. The van der Waals surface area contributed by atoms with E-state index in [4.69, 9.17) is 5.11 Å². The zero-order valence-electron chi connectivity index (χ0n) is 9.95. The fourth-order valence-corrected chi connectivity index (χ4v) is 1.97. The van der Waals surface area contributed by atoms with Crippen LogP contribution in [0.25, 0.3) is 0 Å². The number of carboxylic acid groups (broad SMARTS) is 1. The summed E-state index contributed by atoms with van der Waals surface area (Å²) in [7, 11) is 0. The van der Waals surface area contributed by atoms with Gasteiger partial charge in [0.2, 0.25) is 0 Å². The molecule has 1 aliphatic rings. The first kappa shape index (κ1) is 12.4. The maximum Gasteiger partial charge on any atom is 0.317 e. The van der Waals surface area contributed by atoms with Crippen LogP contribution < -0.4 is 5.32 Å². The van der Waals surface area contributed by atoms with E-state index in [0.29, 0.717) is 32.6 Å². The van der Waals surface area contributed by atoms with Crippen molar-refractivity contribution in [3.63, 3.8) is 0 Å². The number of aliphatic carboxylic acids is 1. The van der Waals surface area contributed by atoms with Crippen LogP contribution in [0.5, 0.6) is 0 Å². The van der Waals surface area contributed by atoms with Crippen molar-refractivity contribution in [1.29, 1.82) is 0 Å². The van der Waals surface area contributed by atoms with Gasteiger partial charge in [-0.2, -0.15) is 0 Å². The molecule has 2 N–H and O–H groups in total. The number of nitrogens with one attached hydrogen (secondary N) is 1. The monoisotopic (exact) mass is 252 g/mol. The molecule has 7 heteroatoms. The third kappa shape index (κ3) is 2.99. The predicted octanol–water partition coefficient (Wildman–Crippen LogP) is -0.000800. The molecule has 1 atom stereocenters. The number of hydrogen-bond acceptors (Lipinski definition) is 3. The lowest BCUT2D eigenvalue weighted by Gasteiger charge is -2.16. The molecule has 98 valence electrons. The van der Waals surface area contributed by atoms with Crippen LogP contribution in [0.15, 0.2) is 18.7 Å². The van der Waals surface area contributed by atoms with Gasteiger partial charge in [-0.1, -0.05) is 0 Å². The Morgan fingerprint density at radius 3 is 2.94 bits per heavy atom. The molecule has 1 aromatic rings. The molecule has 1 aliphatic heterocycles. The Labute approximate surface area is 104 Å². The smallest absolute Gasteiger partial charge is 0.317 e. The van der Waals surface area contributed by atoms with Crippen molar-refractivity contribution in [2.75, 3.05) is 19.6 Å². The first-order chi connectivity index (χ1) is 8.66. The molecule has 7 nitrogen and oxygen atoms in total. The molecular weight excluding hydrogens is 236 g/mol.